The molecule has 1 saturated carbocycles. The van der Waals surface area contributed by atoms with E-state index in [0.717, 1.165) is 5.56 Å². The largest absolute Gasteiger partial charge is 0.390 e. The fourth-order valence-electron chi connectivity index (χ4n) is 3.04. The molecule has 0 saturated heterocycles. The predicted molar refractivity (Wildman–Crippen MR) is 94.6 cm³/mol. The molecule has 1 fully saturated rings. The molecule has 25 heavy (non-hydrogen) atoms. The summed E-state index contributed by atoms with van der Waals surface area (Å²) in [7, 11) is 0. The molecular weight excluding hydrogens is 320 g/mol. The number of carbonyl (C=O) groups is 2. The highest BCUT2D eigenvalue weighted by molar-refractivity contribution is 5.95. The van der Waals surface area contributed by atoms with E-state index in [1.165, 1.54) is 5.01 Å². The number of hydrogen-bond donors (Lipinski definition) is 3. The van der Waals surface area contributed by atoms with Crippen LogP contribution >= 0.6 is 0 Å². The highest BCUT2D eigenvalue weighted by Crippen LogP contribution is 2.28. The Morgan fingerprint density at radius 3 is 2.40 bits per heavy atom. The van der Waals surface area contributed by atoms with Crippen molar-refractivity contribution >= 4 is 11.8 Å². The van der Waals surface area contributed by atoms with Crippen LogP contribution in [0.15, 0.2) is 24.3 Å². The number of hydrogen-bond acceptors (Lipinski definition) is 4. The minimum absolute atomic E-state index is 0.201. The van der Waals surface area contributed by atoms with Crippen molar-refractivity contribution in [2.24, 2.45) is 5.92 Å². The fraction of sp³-hybridized carbons (Fsp3) is 0.579. The van der Waals surface area contributed by atoms with Crippen molar-refractivity contribution in [2.75, 3.05) is 0 Å². The molecule has 0 aliphatic heterocycles. The molecule has 1 aliphatic rings. The summed E-state index contributed by atoms with van der Waals surface area (Å²) >= 11 is 0. The van der Waals surface area contributed by atoms with Crippen LogP contribution in [0.3, 0.4) is 0 Å². The van der Waals surface area contributed by atoms with Gasteiger partial charge < -0.3 is 10.2 Å². The monoisotopic (exact) mass is 348 g/mol. The lowest BCUT2D eigenvalue weighted by Gasteiger charge is -2.39. The van der Waals surface area contributed by atoms with E-state index in [9.17, 15) is 19.8 Å². The summed E-state index contributed by atoms with van der Waals surface area (Å²) in [5, 5.41) is 20.9. The first kappa shape index (κ1) is 19.4. The van der Waals surface area contributed by atoms with Crippen LogP contribution in [0.4, 0.5) is 0 Å². The van der Waals surface area contributed by atoms with Gasteiger partial charge >= 0.3 is 0 Å². The van der Waals surface area contributed by atoms with E-state index in [1.807, 2.05) is 33.8 Å². The number of hydrazine groups is 1. The average molecular weight is 348 g/mol. The van der Waals surface area contributed by atoms with E-state index in [4.69, 9.17) is 0 Å². The molecule has 6 nitrogen and oxygen atoms in total. The fourth-order valence-corrected chi connectivity index (χ4v) is 3.04. The topological polar surface area (TPSA) is 89.9 Å². The van der Waals surface area contributed by atoms with Crippen molar-refractivity contribution in [1.29, 1.82) is 0 Å². The summed E-state index contributed by atoms with van der Waals surface area (Å²) < 4.78 is 0. The second-order valence-corrected chi connectivity index (χ2v) is 7.80. The lowest BCUT2D eigenvalue weighted by Crippen LogP contribution is -2.58. The number of nitrogens with one attached hydrogen (secondary N) is 1. The molecule has 1 aromatic rings. The van der Waals surface area contributed by atoms with Gasteiger partial charge in [-0.25, -0.2) is 5.01 Å². The number of aliphatic hydroxyl groups excluding tert-OH is 2. The number of benzene rings is 1. The maximum Gasteiger partial charge on any atom is 0.269 e. The molecule has 0 aromatic heterocycles. The van der Waals surface area contributed by atoms with Crippen LogP contribution in [0.5, 0.6) is 0 Å². The number of carbonyl (C=O) groups excluding carboxylic acids is 2. The van der Waals surface area contributed by atoms with Crippen LogP contribution < -0.4 is 5.43 Å². The molecular formula is C19H28N2O4. The summed E-state index contributed by atoms with van der Waals surface area (Å²) in [5.41, 5.74) is 3.56. The van der Waals surface area contributed by atoms with Crippen molar-refractivity contribution in [3.8, 4) is 0 Å². The lowest BCUT2D eigenvalue weighted by molar-refractivity contribution is -0.148. The summed E-state index contributed by atoms with van der Waals surface area (Å²) in [6, 6.07) is 7.17. The van der Waals surface area contributed by atoms with Gasteiger partial charge in [0.2, 0.25) is 5.91 Å². The van der Waals surface area contributed by atoms with Crippen molar-refractivity contribution in [3.05, 3.63) is 35.4 Å². The standard InChI is InChI=1S/C19H28N2O4/c1-12-6-5-7-13(10-12)17(24)20-21(19(2,3)4)18(25)14-8-9-15(22)16(23)11-14/h5-7,10,14-16,22-23H,8-9,11H2,1-4H3,(H,20,24). The van der Waals surface area contributed by atoms with Crippen molar-refractivity contribution in [1.82, 2.24) is 10.4 Å². The SMILES string of the molecule is Cc1cccc(C(=O)NN(C(=O)C2CCC(O)C(O)C2)C(C)(C)C)c1. The molecule has 2 amide bonds. The van der Waals surface area contributed by atoms with Crippen LogP contribution in [-0.2, 0) is 4.79 Å². The predicted octanol–water partition coefficient (Wildman–Crippen LogP) is 1.79. The van der Waals surface area contributed by atoms with Gasteiger partial charge in [-0.2, -0.15) is 0 Å². The van der Waals surface area contributed by atoms with Gasteiger partial charge in [-0.15, -0.1) is 0 Å². The van der Waals surface area contributed by atoms with E-state index < -0.39 is 23.7 Å². The van der Waals surface area contributed by atoms with Crippen LogP contribution in [-0.4, -0.2) is 44.8 Å². The van der Waals surface area contributed by atoms with E-state index in [0.29, 0.717) is 18.4 Å². The van der Waals surface area contributed by atoms with Crippen molar-refractivity contribution in [2.45, 2.75) is 64.7 Å². The average Bonchev–Trinajstić information content (AvgIpc) is 2.53. The van der Waals surface area contributed by atoms with Crippen LogP contribution in [0, 0.1) is 12.8 Å². The second-order valence-electron chi connectivity index (χ2n) is 7.80. The van der Waals surface area contributed by atoms with Crippen LogP contribution in [0.1, 0.15) is 56.0 Å². The summed E-state index contributed by atoms with van der Waals surface area (Å²) in [5.74, 6) is -1.00. The van der Waals surface area contributed by atoms with Gasteiger partial charge in [0.05, 0.1) is 17.7 Å². The minimum atomic E-state index is -0.906. The van der Waals surface area contributed by atoms with Gasteiger partial charge in [-0.3, -0.25) is 15.0 Å². The smallest absolute Gasteiger partial charge is 0.269 e. The minimum Gasteiger partial charge on any atom is -0.390 e. The third-order valence-corrected chi connectivity index (χ3v) is 4.52. The molecule has 6 heteroatoms. The molecule has 0 bridgehead atoms. The zero-order valence-electron chi connectivity index (χ0n) is 15.3. The molecule has 1 aliphatic carbocycles. The van der Waals surface area contributed by atoms with Gasteiger partial charge in [-0.1, -0.05) is 17.7 Å². The molecule has 0 radical (unpaired) electrons. The van der Waals surface area contributed by atoms with E-state index in [2.05, 4.69) is 5.43 Å². The van der Waals surface area contributed by atoms with Gasteiger partial charge in [0, 0.05) is 11.5 Å². The molecule has 2 rings (SSSR count). The van der Waals surface area contributed by atoms with Gasteiger partial charge in [-0.05, 0) is 59.1 Å². The first-order valence-corrected chi connectivity index (χ1v) is 8.67. The van der Waals surface area contributed by atoms with Crippen LogP contribution in [0.25, 0.3) is 0 Å². The molecule has 0 heterocycles. The van der Waals surface area contributed by atoms with E-state index in [1.54, 1.807) is 18.2 Å². The zero-order chi connectivity index (χ0) is 18.8. The van der Waals surface area contributed by atoms with Gasteiger partial charge in [0.15, 0.2) is 0 Å². The Bertz CT molecular complexity index is 639. The highest BCUT2D eigenvalue weighted by atomic mass is 16.3. The number of nitrogens with zero attached hydrogens (tertiary/aromatic N) is 1. The highest BCUT2D eigenvalue weighted by Gasteiger charge is 2.38. The zero-order valence-corrected chi connectivity index (χ0v) is 15.3. The summed E-state index contributed by atoms with van der Waals surface area (Å²) in [6.07, 6.45) is -0.621. The molecule has 0 spiro atoms. The Morgan fingerprint density at radius 2 is 1.84 bits per heavy atom. The lowest BCUT2D eigenvalue weighted by atomic mass is 9.84. The Morgan fingerprint density at radius 1 is 1.16 bits per heavy atom. The quantitative estimate of drug-likeness (QED) is 0.711. The Hall–Kier alpha value is -1.92. The Balaban J connectivity index is 2.16. The molecule has 3 atom stereocenters. The summed E-state index contributed by atoms with van der Waals surface area (Å²) in [4.78, 5) is 25.5. The Kier molecular flexibility index (Phi) is 5.85. The number of aliphatic hydroxyl groups is 2. The van der Waals surface area contributed by atoms with Gasteiger partial charge in [0.25, 0.3) is 5.91 Å². The van der Waals surface area contributed by atoms with Crippen molar-refractivity contribution < 1.29 is 19.8 Å². The molecule has 138 valence electrons. The Labute approximate surface area is 148 Å². The number of rotatable bonds is 2. The number of aryl methyl sites for hydroxylation is 1. The second kappa shape index (κ2) is 7.54. The maximum absolute atomic E-state index is 12.9. The molecule has 1 aromatic carbocycles. The van der Waals surface area contributed by atoms with Crippen molar-refractivity contribution in [3.63, 3.8) is 0 Å². The first-order valence-electron chi connectivity index (χ1n) is 8.67. The van der Waals surface area contributed by atoms with Gasteiger partial charge in [0.1, 0.15) is 0 Å². The first-order chi connectivity index (χ1) is 11.6. The third kappa shape index (κ3) is 4.80. The summed E-state index contributed by atoms with van der Waals surface area (Å²) in [6.45, 7) is 7.43. The third-order valence-electron chi connectivity index (χ3n) is 4.52. The molecule has 3 N–H and O–H groups in total. The van der Waals surface area contributed by atoms with E-state index >= 15 is 0 Å². The molecule has 3 unspecified atom stereocenters. The number of amides is 2. The van der Waals surface area contributed by atoms with E-state index in [-0.39, 0.29) is 18.2 Å². The van der Waals surface area contributed by atoms with Crippen LogP contribution in [0.2, 0.25) is 0 Å². The normalized spacial score (nSPS) is 23.8. The maximum atomic E-state index is 12.9.